The third-order valence-corrected chi connectivity index (χ3v) is 3.72. The van der Waals surface area contributed by atoms with Crippen LogP contribution in [0.1, 0.15) is 4.88 Å². The van der Waals surface area contributed by atoms with Gasteiger partial charge in [-0.25, -0.2) is 9.97 Å². The van der Waals surface area contributed by atoms with Crippen molar-refractivity contribution in [1.29, 1.82) is 0 Å². The molecule has 6 heteroatoms. The van der Waals surface area contributed by atoms with E-state index in [2.05, 4.69) is 20.8 Å². The summed E-state index contributed by atoms with van der Waals surface area (Å²) < 4.78 is 4.55. The molecule has 0 bridgehead atoms. The van der Waals surface area contributed by atoms with Crippen molar-refractivity contribution in [3.05, 3.63) is 17.1 Å². The van der Waals surface area contributed by atoms with Gasteiger partial charge in [-0.15, -0.1) is 11.3 Å². The van der Waals surface area contributed by atoms with E-state index < -0.39 is 0 Å². The zero-order valence-corrected chi connectivity index (χ0v) is 10.5. The van der Waals surface area contributed by atoms with Crippen LogP contribution in [0.2, 0.25) is 0 Å². The second kappa shape index (κ2) is 4.80. The van der Waals surface area contributed by atoms with Crippen LogP contribution in [-0.4, -0.2) is 28.8 Å². The Hall–Kier alpha value is -1.14. The molecule has 0 atom stereocenters. The fraction of sp³-hybridized carbons (Fsp3) is 0.300. The fourth-order valence-electron chi connectivity index (χ4n) is 1.19. The Balaban J connectivity index is 2.16. The summed E-state index contributed by atoms with van der Waals surface area (Å²) in [6.45, 7) is 2.04. The highest BCUT2D eigenvalue weighted by atomic mass is 32.2. The van der Waals surface area contributed by atoms with Gasteiger partial charge in [-0.2, -0.15) is 0 Å². The van der Waals surface area contributed by atoms with Crippen molar-refractivity contribution < 1.29 is 9.53 Å². The Kier molecular flexibility index (Phi) is 3.40. The van der Waals surface area contributed by atoms with Gasteiger partial charge in [0.15, 0.2) is 5.16 Å². The van der Waals surface area contributed by atoms with Gasteiger partial charge in [-0.3, -0.25) is 4.79 Å². The molecule has 0 aliphatic heterocycles. The van der Waals surface area contributed by atoms with Gasteiger partial charge < -0.3 is 4.74 Å². The van der Waals surface area contributed by atoms with Gasteiger partial charge >= 0.3 is 5.97 Å². The SMILES string of the molecule is COC(=O)CSc1ncc2cc(C)sc2n1. The molecule has 0 fully saturated rings. The lowest BCUT2D eigenvalue weighted by Crippen LogP contribution is -2.03. The van der Waals surface area contributed by atoms with Crippen molar-refractivity contribution in [2.24, 2.45) is 0 Å². The summed E-state index contributed by atoms with van der Waals surface area (Å²) >= 11 is 2.91. The molecule has 4 nitrogen and oxygen atoms in total. The second-order valence-electron chi connectivity index (χ2n) is 3.13. The number of thioether (sulfide) groups is 1. The van der Waals surface area contributed by atoms with Gasteiger partial charge in [0.05, 0.1) is 12.9 Å². The minimum Gasteiger partial charge on any atom is -0.468 e. The Labute approximate surface area is 101 Å². The molecule has 2 rings (SSSR count). The van der Waals surface area contributed by atoms with E-state index in [4.69, 9.17) is 0 Å². The first-order valence-electron chi connectivity index (χ1n) is 4.62. The number of thiophene rings is 1. The van der Waals surface area contributed by atoms with Crippen LogP contribution in [0.25, 0.3) is 10.2 Å². The third-order valence-electron chi connectivity index (χ3n) is 1.92. The van der Waals surface area contributed by atoms with Crippen molar-refractivity contribution in [3.8, 4) is 0 Å². The van der Waals surface area contributed by atoms with E-state index in [-0.39, 0.29) is 11.7 Å². The summed E-state index contributed by atoms with van der Waals surface area (Å²) in [6, 6.07) is 2.05. The topological polar surface area (TPSA) is 52.1 Å². The van der Waals surface area contributed by atoms with Crippen LogP contribution in [0.5, 0.6) is 0 Å². The lowest BCUT2D eigenvalue weighted by atomic mass is 10.4. The zero-order chi connectivity index (χ0) is 11.5. The monoisotopic (exact) mass is 254 g/mol. The largest absolute Gasteiger partial charge is 0.468 e. The maximum atomic E-state index is 11.0. The Morgan fingerprint density at radius 2 is 2.44 bits per heavy atom. The summed E-state index contributed by atoms with van der Waals surface area (Å²) in [6.07, 6.45) is 1.78. The molecule has 0 spiro atoms. The Bertz CT molecular complexity index is 525. The van der Waals surface area contributed by atoms with Crippen molar-refractivity contribution in [2.75, 3.05) is 12.9 Å². The van der Waals surface area contributed by atoms with Gasteiger partial charge in [0.1, 0.15) is 4.83 Å². The number of rotatable bonds is 3. The van der Waals surface area contributed by atoms with E-state index >= 15 is 0 Å². The maximum Gasteiger partial charge on any atom is 0.316 e. The van der Waals surface area contributed by atoms with Crippen LogP contribution < -0.4 is 0 Å². The Morgan fingerprint density at radius 1 is 1.62 bits per heavy atom. The number of nitrogens with zero attached hydrogens (tertiary/aromatic N) is 2. The molecule has 16 heavy (non-hydrogen) atoms. The molecular formula is C10H10N2O2S2. The fourth-order valence-corrected chi connectivity index (χ4v) is 2.75. The highest BCUT2D eigenvalue weighted by Gasteiger charge is 2.06. The molecule has 0 aromatic carbocycles. The molecule has 0 saturated carbocycles. The minimum atomic E-state index is -0.268. The van der Waals surface area contributed by atoms with Crippen LogP contribution >= 0.6 is 23.1 Å². The molecule has 0 saturated heterocycles. The molecule has 2 aromatic rings. The molecule has 84 valence electrons. The van der Waals surface area contributed by atoms with E-state index in [9.17, 15) is 4.79 Å². The molecule has 2 aromatic heterocycles. The molecule has 2 heterocycles. The summed E-state index contributed by atoms with van der Waals surface area (Å²) in [4.78, 5) is 21.7. The van der Waals surface area contributed by atoms with Crippen LogP contribution in [0, 0.1) is 6.92 Å². The Morgan fingerprint density at radius 3 is 3.19 bits per heavy atom. The number of esters is 1. The molecule has 0 radical (unpaired) electrons. The van der Waals surface area contributed by atoms with Crippen molar-refractivity contribution in [2.45, 2.75) is 12.1 Å². The number of methoxy groups -OCH3 is 1. The summed E-state index contributed by atoms with van der Waals surface area (Å²) in [5, 5.41) is 1.66. The number of aryl methyl sites for hydroxylation is 1. The first-order chi connectivity index (χ1) is 7.69. The number of ether oxygens (including phenoxy) is 1. The smallest absolute Gasteiger partial charge is 0.316 e. The average Bonchev–Trinajstić information content (AvgIpc) is 2.65. The van der Waals surface area contributed by atoms with E-state index in [1.807, 2.05) is 6.92 Å². The van der Waals surface area contributed by atoms with Crippen LogP contribution in [-0.2, 0) is 9.53 Å². The lowest BCUT2D eigenvalue weighted by molar-refractivity contribution is -0.137. The third kappa shape index (κ3) is 2.51. The first-order valence-corrected chi connectivity index (χ1v) is 6.42. The number of hydrogen-bond acceptors (Lipinski definition) is 6. The molecule has 0 N–H and O–H groups in total. The number of hydrogen-bond donors (Lipinski definition) is 0. The molecule has 0 aliphatic rings. The number of fused-ring (bicyclic) bond motifs is 1. The van der Waals surface area contributed by atoms with E-state index in [0.717, 1.165) is 10.2 Å². The van der Waals surface area contributed by atoms with Gasteiger partial charge in [0, 0.05) is 16.5 Å². The van der Waals surface area contributed by atoms with Gasteiger partial charge in [0.2, 0.25) is 0 Å². The van der Waals surface area contributed by atoms with Crippen LogP contribution in [0.4, 0.5) is 0 Å². The van der Waals surface area contributed by atoms with Crippen molar-refractivity contribution in [1.82, 2.24) is 9.97 Å². The predicted octanol–water partition coefficient (Wildman–Crippen LogP) is 2.26. The maximum absolute atomic E-state index is 11.0. The standard InChI is InChI=1S/C10H10N2O2S2/c1-6-3-7-4-11-10(12-9(7)16-6)15-5-8(13)14-2/h3-4H,5H2,1-2H3. The quantitative estimate of drug-likeness (QED) is 0.478. The molecule has 0 aliphatic carbocycles. The van der Waals surface area contributed by atoms with E-state index in [1.54, 1.807) is 17.5 Å². The van der Waals surface area contributed by atoms with Crippen LogP contribution in [0.15, 0.2) is 17.4 Å². The first kappa shape index (κ1) is 11.3. The van der Waals surface area contributed by atoms with Crippen molar-refractivity contribution in [3.63, 3.8) is 0 Å². The molecular weight excluding hydrogens is 244 g/mol. The average molecular weight is 254 g/mol. The second-order valence-corrected chi connectivity index (χ2v) is 5.31. The highest BCUT2D eigenvalue weighted by molar-refractivity contribution is 7.99. The summed E-state index contributed by atoms with van der Waals surface area (Å²) in [7, 11) is 1.37. The number of carbonyl (C=O) groups is 1. The van der Waals surface area contributed by atoms with E-state index in [1.165, 1.54) is 23.7 Å². The predicted molar refractivity (Wildman–Crippen MR) is 64.9 cm³/mol. The molecule has 0 amide bonds. The minimum absolute atomic E-state index is 0.242. The van der Waals surface area contributed by atoms with E-state index in [0.29, 0.717) is 5.16 Å². The molecule has 0 unspecified atom stereocenters. The summed E-state index contributed by atoms with van der Waals surface area (Å²) in [5.41, 5.74) is 0. The van der Waals surface area contributed by atoms with Crippen molar-refractivity contribution >= 4 is 39.3 Å². The van der Waals surface area contributed by atoms with Gasteiger partial charge in [-0.05, 0) is 13.0 Å². The van der Waals surface area contributed by atoms with Gasteiger partial charge in [-0.1, -0.05) is 11.8 Å². The van der Waals surface area contributed by atoms with Crippen LogP contribution in [0.3, 0.4) is 0 Å². The zero-order valence-electron chi connectivity index (χ0n) is 8.89. The highest BCUT2D eigenvalue weighted by Crippen LogP contribution is 2.24. The van der Waals surface area contributed by atoms with Gasteiger partial charge in [0.25, 0.3) is 0 Å². The number of aromatic nitrogens is 2. The summed E-state index contributed by atoms with van der Waals surface area (Å²) in [5.74, 6) is -0.0251. The lowest BCUT2D eigenvalue weighted by Gasteiger charge is -1.98. The normalized spacial score (nSPS) is 10.6. The number of carbonyl (C=O) groups excluding carboxylic acids is 1.